The fourth-order valence-corrected chi connectivity index (χ4v) is 3.53. The second kappa shape index (κ2) is 6.89. The van der Waals surface area contributed by atoms with Crippen LogP contribution in [0.4, 0.5) is 0 Å². The van der Waals surface area contributed by atoms with Crippen molar-refractivity contribution in [3.63, 3.8) is 0 Å². The van der Waals surface area contributed by atoms with E-state index in [2.05, 4.69) is 0 Å². The van der Waals surface area contributed by atoms with Gasteiger partial charge >= 0.3 is 11.9 Å². The van der Waals surface area contributed by atoms with E-state index in [1.165, 1.54) is 20.3 Å². The van der Waals surface area contributed by atoms with Gasteiger partial charge in [0.25, 0.3) is 0 Å². The predicted molar refractivity (Wildman–Crippen MR) is 109 cm³/mol. The third-order valence-corrected chi connectivity index (χ3v) is 4.80. The van der Waals surface area contributed by atoms with Crippen molar-refractivity contribution in [2.75, 3.05) is 14.2 Å². The van der Waals surface area contributed by atoms with Crippen LogP contribution in [0.2, 0.25) is 0 Å². The van der Waals surface area contributed by atoms with Crippen LogP contribution in [0.25, 0.3) is 27.5 Å². The molecule has 0 saturated carbocycles. The lowest BCUT2D eigenvalue weighted by atomic mass is 9.88. The number of para-hydroxylation sites is 2. The largest absolute Gasteiger partial charge is 0.465 e. The number of fused-ring (bicyclic) bond motifs is 3. The Kier molecular flexibility index (Phi) is 4.39. The van der Waals surface area contributed by atoms with Crippen LogP contribution >= 0.6 is 0 Å². The van der Waals surface area contributed by atoms with E-state index < -0.39 is 11.9 Å². The van der Waals surface area contributed by atoms with Gasteiger partial charge in [-0.15, -0.1) is 0 Å². The summed E-state index contributed by atoms with van der Waals surface area (Å²) in [5.41, 5.74) is 2.89. The maximum Gasteiger partial charge on any atom is 0.339 e. The molecular formula is C22H16BNO4. The Morgan fingerprint density at radius 2 is 1.29 bits per heavy atom. The number of nitrogens with zero attached hydrogens (tertiary/aromatic N) is 1. The zero-order valence-electron chi connectivity index (χ0n) is 15.4. The molecule has 0 amide bonds. The maximum atomic E-state index is 12.5. The van der Waals surface area contributed by atoms with Gasteiger partial charge in [0.1, 0.15) is 7.85 Å². The molecule has 0 aliphatic carbocycles. The molecule has 0 saturated heterocycles. The van der Waals surface area contributed by atoms with Crippen LogP contribution in [-0.4, -0.2) is 38.6 Å². The normalized spacial score (nSPS) is 10.9. The second-order valence-electron chi connectivity index (χ2n) is 6.31. The summed E-state index contributed by atoms with van der Waals surface area (Å²) in [6.07, 6.45) is 0. The highest BCUT2D eigenvalue weighted by molar-refractivity contribution is 6.37. The lowest BCUT2D eigenvalue weighted by molar-refractivity contribution is 0.0588. The van der Waals surface area contributed by atoms with Gasteiger partial charge < -0.3 is 14.0 Å². The highest BCUT2D eigenvalue weighted by atomic mass is 16.5. The first-order valence-corrected chi connectivity index (χ1v) is 8.65. The van der Waals surface area contributed by atoms with Crippen LogP contribution in [0.1, 0.15) is 20.7 Å². The lowest BCUT2D eigenvalue weighted by Crippen LogP contribution is -2.21. The molecule has 6 heteroatoms. The molecule has 4 aromatic rings. The number of ether oxygens (including phenoxy) is 2. The van der Waals surface area contributed by atoms with Gasteiger partial charge in [-0.2, -0.15) is 0 Å². The predicted octanol–water partition coefficient (Wildman–Crippen LogP) is 3.15. The van der Waals surface area contributed by atoms with Crippen molar-refractivity contribution >= 4 is 47.1 Å². The van der Waals surface area contributed by atoms with E-state index >= 15 is 0 Å². The first-order valence-electron chi connectivity index (χ1n) is 8.65. The summed E-state index contributed by atoms with van der Waals surface area (Å²) in [5.74, 6) is -1.11. The molecule has 0 spiro atoms. The number of aromatic nitrogens is 1. The SMILES string of the molecule is [B]c1cc(C(=O)OC)c(-n2c3ccccc3c3ccccc32)cc1C(=O)OC. The molecule has 28 heavy (non-hydrogen) atoms. The zero-order chi connectivity index (χ0) is 19.8. The minimum Gasteiger partial charge on any atom is -0.465 e. The van der Waals surface area contributed by atoms with E-state index in [0.29, 0.717) is 5.69 Å². The Balaban J connectivity index is 2.16. The highest BCUT2D eigenvalue weighted by Crippen LogP contribution is 2.33. The van der Waals surface area contributed by atoms with Gasteiger partial charge in [-0.1, -0.05) is 47.9 Å². The molecule has 0 N–H and O–H groups in total. The average molecular weight is 369 g/mol. The summed E-state index contributed by atoms with van der Waals surface area (Å²) in [7, 11) is 8.62. The fourth-order valence-electron chi connectivity index (χ4n) is 3.53. The topological polar surface area (TPSA) is 57.5 Å². The first-order chi connectivity index (χ1) is 13.6. The summed E-state index contributed by atoms with van der Waals surface area (Å²) >= 11 is 0. The van der Waals surface area contributed by atoms with Crippen LogP contribution in [0, 0.1) is 0 Å². The highest BCUT2D eigenvalue weighted by Gasteiger charge is 2.22. The van der Waals surface area contributed by atoms with E-state index in [1.54, 1.807) is 6.07 Å². The monoisotopic (exact) mass is 369 g/mol. The molecule has 0 atom stereocenters. The molecule has 0 aliphatic heterocycles. The molecule has 2 radical (unpaired) electrons. The summed E-state index contributed by atoms with van der Waals surface area (Å²) in [6, 6.07) is 18.8. The third kappa shape index (κ3) is 2.65. The molecule has 136 valence electrons. The fraction of sp³-hybridized carbons (Fsp3) is 0.0909. The van der Waals surface area contributed by atoms with E-state index in [4.69, 9.17) is 17.3 Å². The van der Waals surface area contributed by atoms with E-state index in [0.717, 1.165) is 21.8 Å². The minimum atomic E-state index is -0.573. The maximum absolute atomic E-state index is 12.5. The lowest BCUT2D eigenvalue weighted by Gasteiger charge is -2.15. The number of hydrogen-bond acceptors (Lipinski definition) is 4. The van der Waals surface area contributed by atoms with E-state index in [1.807, 2.05) is 53.1 Å². The summed E-state index contributed by atoms with van der Waals surface area (Å²) < 4.78 is 11.7. The standard InChI is InChI=1S/C22H16BNO4/c1-27-21(25)15-12-20(16(11-17(15)23)22(26)28-2)24-18-9-5-3-7-13(18)14-8-4-6-10-19(14)24/h3-12H,1-2H3. The van der Waals surface area contributed by atoms with Crippen LogP contribution in [0.3, 0.4) is 0 Å². The van der Waals surface area contributed by atoms with Crippen molar-refractivity contribution in [2.24, 2.45) is 0 Å². The molecule has 3 aromatic carbocycles. The Morgan fingerprint density at radius 1 is 0.786 bits per heavy atom. The van der Waals surface area contributed by atoms with Gasteiger partial charge in [-0.25, -0.2) is 9.59 Å². The number of benzene rings is 3. The van der Waals surface area contributed by atoms with E-state index in [9.17, 15) is 9.59 Å². The molecule has 0 aliphatic rings. The van der Waals surface area contributed by atoms with Crippen molar-refractivity contribution in [3.8, 4) is 5.69 Å². The van der Waals surface area contributed by atoms with Crippen molar-refractivity contribution < 1.29 is 19.1 Å². The second-order valence-corrected chi connectivity index (χ2v) is 6.31. The summed E-state index contributed by atoms with van der Waals surface area (Å²) in [5, 5.41) is 2.07. The molecule has 1 aromatic heterocycles. The van der Waals surface area contributed by atoms with Crippen molar-refractivity contribution in [3.05, 3.63) is 71.8 Å². The average Bonchev–Trinajstić information content (AvgIpc) is 3.07. The van der Waals surface area contributed by atoms with Crippen molar-refractivity contribution in [1.29, 1.82) is 0 Å². The molecule has 0 unspecified atom stereocenters. The summed E-state index contributed by atoms with van der Waals surface area (Å²) in [4.78, 5) is 24.7. The van der Waals surface area contributed by atoms with Crippen molar-refractivity contribution in [1.82, 2.24) is 4.57 Å². The quantitative estimate of drug-likeness (QED) is 0.411. The smallest absolute Gasteiger partial charge is 0.339 e. The molecule has 1 heterocycles. The van der Waals surface area contributed by atoms with Crippen LogP contribution in [-0.2, 0) is 9.47 Å². The third-order valence-electron chi connectivity index (χ3n) is 4.80. The van der Waals surface area contributed by atoms with E-state index in [-0.39, 0.29) is 16.6 Å². The Bertz CT molecular complexity index is 1190. The number of hydrogen-bond donors (Lipinski definition) is 0. The van der Waals surface area contributed by atoms with Crippen LogP contribution < -0.4 is 5.46 Å². The minimum absolute atomic E-state index is 0.150. The van der Waals surface area contributed by atoms with Crippen LogP contribution in [0.15, 0.2) is 60.7 Å². The van der Waals surface area contributed by atoms with Crippen LogP contribution in [0.5, 0.6) is 0 Å². The van der Waals surface area contributed by atoms with Gasteiger partial charge in [0.15, 0.2) is 0 Å². The van der Waals surface area contributed by atoms with Gasteiger partial charge in [-0.05, 0) is 18.2 Å². The summed E-state index contributed by atoms with van der Waals surface area (Å²) in [6.45, 7) is 0. The number of rotatable bonds is 3. The Labute approximate surface area is 162 Å². The molecule has 4 rings (SSSR count). The Morgan fingerprint density at radius 3 is 1.82 bits per heavy atom. The van der Waals surface area contributed by atoms with Crippen molar-refractivity contribution in [2.45, 2.75) is 0 Å². The molecule has 0 bridgehead atoms. The number of carbonyl (C=O) groups excluding carboxylic acids is 2. The number of methoxy groups -OCH3 is 2. The van der Waals surface area contributed by atoms with Gasteiger partial charge in [0.2, 0.25) is 0 Å². The molecular weight excluding hydrogens is 353 g/mol. The number of esters is 2. The van der Waals surface area contributed by atoms with Gasteiger partial charge in [-0.3, -0.25) is 0 Å². The van der Waals surface area contributed by atoms with Gasteiger partial charge in [0.05, 0.1) is 42.1 Å². The van der Waals surface area contributed by atoms with Gasteiger partial charge in [0, 0.05) is 10.8 Å². The molecule has 5 nitrogen and oxygen atoms in total. The molecule has 0 fully saturated rings. The first kappa shape index (κ1) is 17.9. The Hall–Kier alpha value is -3.54. The zero-order valence-corrected chi connectivity index (χ0v) is 15.4. The number of carbonyl (C=O) groups is 2.